The molecule has 0 radical (unpaired) electrons. The minimum Gasteiger partial charge on any atom is -0.467 e. The maximum absolute atomic E-state index is 5.82. The highest BCUT2D eigenvalue weighted by molar-refractivity contribution is 6.29. The fourth-order valence-electron chi connectivity index (χ4n) is 0.983. The minimum absolute atomic E-state index is 0.582. The van der Waals surface area contributed by atoms with Gasteiger partial charge in [-0.1, -0.05) is 11.6 Å². The van der Waals surface area contributed by atoms with Gasteiger partial charge in [-0.25, -0.2) is 4.68 Å². The van der Waals surface area contributed by atoms with Crippen LogP contribution in [0.25, 0.3) is 0 Å². The van der Waals surface area contributed by atoms with Crippen molar-refractivity contribution >= 4 is 11.6 Å². The van der Waals surface area contributed by atoms with Gasteiger partial charge in [-0.05, 0) is 18.2 Å². The standard InChI is InChI=1S/C8H7ClN2O/c9-8-3-4-10-11(8)6-7-2-1-5-12-7/h1-5H,6H2. The van der Waals surface area contributed by atoms with Gasteiger partial charge in [-0.15, -0.1) is 0 Å². The van der Waals surface area contributed by atoms with E-state index in [1.54, 1.807) is 23.2 Å². The predicted molar refractivity (Wildman–Crippen MR) is 45.0 cm³/mol. The average Bonchev–Trinajstić information content (AvgIpc) is 2.65. The topological polar surface area (TPSA) is 31.0 Å². The van der Waals surface area contributed by atoms with Crippen molar-refractivity contribution in [3.05, 3.63) is 41.6 Å². The molecule has 0 unspecified atom stereocenters. The quantitative estimate of drug-likeness (QED) is 0.713. The van der Waals surface area contributed by atoms with Gasteiger partial charge in [-0.3, -0.25) is 0 Å². The molecule has 2 heterocycles. The van der Waals surface area contributed by atoms with Crippen LogP contribution < -0.4 is 0 Å². The van der Waals surface area contributed by atoms with Gasteiger partial charge in [0.15, 0.2) is 0 Å². The Labute approximate surface area is 74.6 Å². The number of hydrogen-bond donors (Lipinski definition) is 0. The molecule has 0 aliphatic rings. The van der Waals surface area contributed by atoms with Gasteiger partial charge >= 0.3 is 0 Å². The van der Waals surface area contributed by atoms with E-state index in [2.05, 4.69) is 5.10 Å². The molecule has 0 bridgehead atoms. The summed E-state index contributed by atoms with van der Waals surface area (Å²) in [6.07, 6.45) is 3.29. The summed E-state index contributed by atoms with van der Waals surface area (Å²) in [7, 11) is 0. The molecule has 12 heavy (non-hydrogen) atoms. The van der Waals surface area contributed by atoms with E-state index >= 15 is 0 Å². The molecule has 62 valence electrons. The van der Waals surface area contributed by atoms with E-state index in [4.69, 9.17) is 16.0 Å². The summed E-state index contributed by atoms with van der Waals surface area (Å²) in [4.78, 5) is 0. The highest BCUT2D eigenvalue weighted by atomic mass is 35.5. The third-order valence-corrected chi connectivity index (χ3v) is 1.87. The fraction of sp³-hybridized carbons (Fsp3) is 0.125. The lowest BCUT2D eigenvalue weighted by Gasteiger charge is -1.98. The van der Waals surface area contributed by atoms with Crippen molar-refractivity contribution in [1.82, 2.24) is 9.78 Å². The molecule has 0 fully saturated rings. The molecule has 0 aromatic carbocycles. The van der Waals surface area contributed by atoms with Crippen LogP contribution in [0.3, 0.4) is 0 Å². The van der Waals surface area contributed by atoms with Crippen LogP contribution in [0.1, 0.15) is 5.76 Å². The van der Waals surface area contributed by atoms with E-state index < -0.39 is 0 Å². The van der Waals surface area contributed by atoms with E-state index in [1.165, 1.54) is 0 Å². The number of nitrogens with zero attached hydrogens (tertiary/aromatic N) is 2. The van der Waals surface area contributed by atoms with Gasteiger partial charge in [0.05, 0.1) is 12.5 Å². The van der Waals surface area contributed by atoms with Crippen LogP contribution in [-0.4, -0.2) is 9.78 Å². The van der Waals surface area contributed by atoms with Crippen molar-refractivity contribution in [1.29, 1.82) is 0 Å². The van der Waals surface area contributed by atoms with Gasteiger partial charge in [0, 0.05) is 0 Å². The zero-order valence-electron chi connectivity index (χ0n) is 6.27. The van der Waals surface area contributed by atoms with Crippen LogP contribution in [0.5, 0.6) is 0 Å². The molecule has 2 rings (SSSR count). The number of hydrogen-bond acceptors (Lipinski definition) is 2. The summed E-state index contributed by atoms with van der Waals surface area (Å²) < 4.78 is 6.81. The van der Waals surface area contributed by atoms with Crippen LogP contribution in [0, 0.1) is 0 Å². The molecule has 2 aromatic heterocycles. The minimum atomic E-state index is 0.582. The molecule has 0 amide bonds. The average molecular weight is 183 g/mol. The second-order valence-electron chi connectivity index (χ2n) is 2.39. The van der Waals surface area contributed by atoms with Gasteiger partial charge in [-0.2, -0.15) is 5.10 Å². The van der Waals surface area contributed by atoms with Crippen molar-refractivity contribution in [3.8, 4) is 0 Å². The second-order valence-corrected chi connectivity index (χ2v) is 2.78. The zero-order chi connectivity index (χ0) is 8.39. The lowest BCUT2D eigenvalue weighted by atomic mass is 10.4. The molecule has 0 aliphatic carbocycles. The number of halogens is 1. The highest BCUT2D eigenvalue weighted by Crippen LogP contribution is 2.09. The molecule has 0 N–H and O–H groups in total. The summed E-state index contributed by atoms with van der Waals surface area (Å²) in [5.74, 6) is 0.848. The van der Waals surface area contributed by atoms with Crippen LogP contribution in [0.4, 0.5) is 0 Å². The highest BCUT2D eigenvalue weighted by Gasteiger charge is 2.01. The van der Waals surface area contributed by atoms with Crippen molar-refractivity contribution < 1.29 is 4.42 Å². The van der Waals surface area contributed by atoms with E-state index in [-0.39, 0.29) is 0 Å². The van der Waals surface area contributed by atoms with Crippen LogP contribution >= 0.6 is 11.6 Å². The van der Waals surface area contributed by atoms with Gasteiger partial charge < -0.3 is 4.42 Å². The lowest BCUT2D eigenvalue weighted by molar-refractivity contribution is 0.480. The predicted octanol–water partition coefficient (Wildman–Crippen LogP) is 2.18. The van der Waals surface area contributed by atoms with Crippen LogP contribution in [-0.2, 0) is 6.54 Å². The van der Waals surface area contributed by atoms with E-state index in [1.807, 2.05) is 12.1 Å². The SMILES string of the molecule is Clc1ccnn1Cc1ccco1. The normalized spacial score (nSPS) is 10.4. The first-order valence-corrected chi connectivity index (χ1v) is 3.94. The molecule has 0 spiro atoms. The fourth-order valence-corrected chi connectivity index (χ4v) is 1.14. The maximum atomic E-state index is 5.82. The Morgan fingerprint density at radius 2 is 2.42 bits per heavy atom. The Kier molecular flexibility index (Phi) is 1.87. The van der Waals surface area contributed by atoms with Crippen molar-refractivity contribution in [3.63, 3.8) is 0 Å². The molecule has 0 atom stereocenters. The van der Waals surface area contributed by atoms with Crippen LogP contribution in [0.15, 0.2) is 35.1 Å². The summed E-state index contributed by atoms with van der Waals surface area (Å²) in [6.45, 7) is 0.582. The summed E-state index contributed by atoms with van der Waals surface area (Å²) in [5.41, 5.74) is 0. The first kappa shape index (κ1) is 7.43. The Bertz CT molecular complexity index is 353. The number of furan rings is 1. The van der Waals surface area contributed by atoms with E-state index in [0.29, 0.717) is 11.7 Å². The smallest absolute Gasteiger partial charge is 0.127 e. The largest absolute Gasteiger partial charge is 0.467 e. The third-order valence-electron chi connectivity index (χ3n) is 1.55. The maximum Gasteiger partial charge on any atom is 0.127 e. The summed E-state index contributed by atoms with van der Waals surface area (Å²) in [5, 5.41) is 4.63. The lowest BCUT2D eigenvalue weighted by Crippen LogP contribution is -1.99. The van der Waals surface area contributed by atoms with Crippen LogP contribution in [0.2, 0.25) is 5.15 Å². The zero-order valence-corrected chi connectivity index (χ0v) is 7.03. The van der Waals surface area contributed by atoms with Gasteiger partial charge in [0.1, 0.15) is 17.5 Å². The molecular weight excluding hydrogens is 176 g/mol. The van der Waals surface area contributed by atoms with Crippen molar-refractivity contribution in [2.24, 2.45) is 0 Å². The van der Waals surface area contributed by atoms with Crippen molar-refractivity contribution in [2.75, 3.05) is 0 Å². The van der Waals surface area contributed by atoms with Crippen molar-refractivity contribution in [2.45, 2.75) is 6.54 Å². The summed E-state index contributed by atoms with van der Waals surface area (Å²) >= 11 is 5.82. The molecule has 2 aromatic rings. The first-order valence-electron chi connectivity index (χ1n) is 3.56. The summed E-state index contributed by atoms with van der Waals surface area (Å²) in [6, 6.07) is 5.47. The van der Waals surface area contributed by atoms with Gasteiger partial charge in [0.25, 0.3) is 0 Å². The first-order chi connectivity index (χ1) is 5.86. The Morgan fingerprint density at radius 1 is 1.50 bits per heavy atom. The Morgan fingerprint density at radius 3 is 3.00 bits per heavy atom. The Hall–Kier alpha value is -1.22. The second kappa shape index (κ2) is 3.03. The van der Waals surface area contributed by atoms with Gasteiger partial charge in [0.2, 0.25) is 0 Å². The molecule has 0 aliphatic heterocycles. The number of aromatic nitrogens is 2. The molecule has 0 saturated heterocycles. The molecular formula is C8H7ClN2O. The molecule has 3 nitrogen and oxygen atoms in total. The monoisotopic (exact) mass is 182 g/mol. The number of rotatable bonds is 2. The molecule has 4 heteroatoms. The Balaban J connectivity index is 2.20. The molecule has 0 saturated carbocycles. The third kappa shape index (κ3) is 1.36. The van der Waals surface area contributed by atoms with E-state index in [9.17, 15) is 0 Å². The van der Waals surface area contributed by atoms with E-state index in [0.717, 1.165) is 5.76 Å².